The van der Waals surface area contributed by atoms with Crippen molar-refractivity contribution in [2.24, 2.45) is 5.73 Å². The minimum Gasteiger partial charge on any atom is -0.466 e. The van der Waals surface area contributed by atoms with Gasteiger partial charge >= 0.3 is 5.97 Å². The number of hydrogen-bond acceptors (Lipinski definition) is 5. The standard InChI is InChI=1S/C18H18N4O2S/c1-2-24-16(23)8-9-22-12-15(10-14(11-19)18(20)25)17(21-22)13-6-4-3-5-7-13/h3-7,10,12H,2,8-9H2,1H3,(H2,20,25)/b14-10-. The van der Waals surface area contributed by atoms with E-state index in [1.165, 1.54) is 0 Å². The molecule has 2 aromatic rings. The van der Waals surface area contributed by atoms with Gasteiger partial charge in [-0.1, -0.05) is 42.5 Å². The Hall–Kier alpha value is -2.98. The summed E-state index contributed by atoms with van der Waals surface area (Å²) in [6.45, 7) is 2.49. The van der Waals surface area contributed by atoms with Crippen LogP contribution in [0, 0.1) is 11.3 Å². The molecule has 0 bridgehead atoms. The number of esters is 1. The quantitative estimate of drug-likeness (QED) is 0.356. The first kappa shape index (κ1) is 18.4. The van der Waals surface area contributed by atoms with Crippen molar-refractivity contribution in [1.29, 1.82) is 5.26 Å². The van der Waals surface area contributed by atoms with E-state index in [1.54, 1.807) is 23.9 Å². The van der Waals surface area contributed by atoms with Crippen LogP contribution < -0.4 is 5.73 Å². The van der Waals surface area contributed by atoms with Crippen LogP contribution in [0.25, 0.3) is 17.3 Å². The Morgan fingerprint density at radius 2 is 2.16 bits per heavy atom. The number of thiocarbonyl (C=S) groups is 1. The lowest BCUT2D eigenvalue weighted by Gasteiger charge is -2.02. The third-order valence-electron chi connectivity index (χ3n) is 3.37. The van der Waals surface area contributed by atoms with Gasteiger partial charge in [-0.3, -0.25) is 9.48 Å². The zero-order valence-corrected chi connectivity index (χ0v) is 14.6. The zero-order chi connectivity index (χ0) is 18.2. The van der Waals surface area contributed by atoms with Gasteiger partial charge in [-0.2, -0.15) is 10.4 Å². The number of benzene rings is 1. The molecule has 0 fully saturated rings. The molecule has 1 heterocycles. The van der Waals surface area contributed by atoms with Crippen molar-refractivity contribution in [3.05, 3.63) is 47.7 Å². The summed E-state index contributed by atoms with van der Waals surface area (Å²) >= 11 is 4.90. The zero-order valence-electron chi connectivity index (χ0n) is 13.8. The van der Waals surface area contributed by atoms with Crippen molar-refractivity contribution in [3.63, 3.8) is 0 Å². The lowest BCUT2D eigenvalue weighted by atomic mass is 10.1. The number of ether oxygens (including phenoxy) is 1. The highest BCUT2D eigenvalue weighted by Gasteiger charge is 2.12. The molecule has 128 valence electrons. The molecule has 6 nitrogen and oxygen atoms in total. The van der Waals surface area contributed by atoms with Gasteiger partial charge in [0.2, 0.25) is 0 Å². The highest BCUT2D eigenvalue weighted by Crippen LogP contribution is 2.24. The second-order valence-corrected chi connectivity index (χ2v) is 5.59. The number of nitriles is 1. The molecule has 0 saturated carbocycles. The minimum atomic E-state index is -0.280. The van der Waals surface area contributed by atoms with E-state index in [9.17, 15) is 10.1 Å². The molecule has 0 aliphatic rings. The maximum absolute atomic E-state index is 11.5. The average molecular weight is 354 g/mol. The molecule has 0 atom stereocenters. The molecule has 2 N–H and O–H groups in total. The number of nitrogens with zero attached hydrogens (tertiary/aromatic N) is 3. The van der Waals surface area contributed by atoms with Crippen LogP contribution in [-0.2, 0) is 16.1 Å². The van der Waals surface area contributed by atoms with Crippen molar-refractivity contribution in [3.8, 4) is 17.3 Å². The molecule has 0 spiro atoms. The summed E-state index contributed by atoms with van der Waals surface area (Å²) in [4.78, 5) is 11.6. The van der Waals surface area contributed by atoms with Gasteiger partial charge in [-0.05, 0) is 13.0 Å². The summed E-state index contributed by atoms with van der Waals surface area (Å²) in [7, 11) is 0. The molecule has 7 heteroatoms. The predicted molar refractivity (Wildman–Crippen MR) is 99.3 cm³/mol. The molecular weight excluding hydrogens is 336 g/mol. The van der Waals surface area contributed by atoms with Gasteiger partial charge < -0.3 is 10.5 Å². The van der Waals surface area contributed by atoms with E-state index < -0.39 is 0 Å². The summed E-state index contributed by atoms with van der Waals surface area (Å²) in [6, 6.07) is 11.5. The maximum atomic E-state index is 11.5. The lowest BCUT2D eigenvalue weighted by Crippen LogP contribution is -2.09. The van der Waals surface area contributed by atoms with E-state index in [-0.39, 0.29) is 23.0 Å². The number of aromatic nitrogens is 2. The van der Waals surface area contributed by atoms with Gasteiger partial charge in [-0.15, -0.1) is 0 Å². The van der Waals surface area contributed by atoms with Crippen LogP contribution in [0.1, 0.15) is 18.9 Å². The monoisotopic (exact) mass is 354 g/mol. The van der Waals surface area contributed by atoms with E-state index in [1.807, 2.05) is 36.4 Å². The summed E-state index contributed by atoms with van der Waals surface area (Å²) in [6.07, 6.45) is 3.59. The second-order valence-electron chi connectivity index (χ2n) is 5.15. The molecule has 0 radical (unpaired) electrons. The van der Waals surface area contributed by atoms with Crippen molar-refractivity contribution in [2.45, 2.75) is 19.9 Å². The van der Waals surface area contributed by atoms with Crippen LogP contribution in [0.2, 0.25) is 0 Å². The van der Waals surface area contributed by atoms with E-state index in [4.69, 9.17) is 22.7 Å². The molecule has 0 aliphatic heterocycles. The van der Waals surface area contributed by atoms with Crippen LogP contribution in [0.5, 0.6) is 0 Å². The van der Waals surface area contributed by atoms with Gasteiger partial charge in [0, 0.05) is 17.3 Å². The molecule has 2 rings (SSSR count). The number of rotatable bonds is 7. The van der Waals surface area contributed by atoms with E-state index in [0.717, 1.165) is 5.56 Å². The van der Waals surface area contributed by atoms with Crippen LogP contribution in [0.15, 0.2) is 42.1 Å². The fraction of sp³-hybridized carbons (Fsp3) is 0.222. The molecule has 0 unspecified atom stereocenters. The highest BCUT2D eigenvalue weighted by atomic mass is 32.1. The highest BCUT2D eigenvalue weighted by molar-refractivity contribution is 7.80. The largest absolute Gasteiger partial charge is 0.466 e. The normalized spacial score (nSPS) is 11.0. The predicted octanol–water partition coefficient (Wildman–Crippen LogP) is 2.70. The Bertz CT molecular complexity index is 835. The fourth-order valence-electron chi connectivity index (χ4n) is 2.23. The molecular formula is C18H18N4O2S. The number of hydrogen-bond donors (Lipinski definition) is 1. The van der Waals surface area contributed by atoms with Gasteiger partial charge in [-0.25, -0.2) is 0 Å². The van der Waals surface area contributed by atoms with Crippen LogP contribution in [0.3, 0.4) is 0 Å². The summed E-state index contributed by atoms with van der Waals surface area (Å²) in [5.41, 5.74) is 8.07. The van der Waals surface area contributed by atoms with Crippen LogP contribution in [-0.4, -0.2) is 27.3 Å². The molecule has 1 aromatic carbocycles. The van der Waals surface area contributed by atoms with Crippen molar-refractivity contribution >= 4 is 29.3 Å². The minimum absolute atomic E-state index is 0.0285. The average Bonchev–Trinajstić information content (AvgIpc) is 3.01. The molecule has 0 aliphatic carbocycles. The first-order valence-corrected chi connectivity index (χ1v) is 8.16. The SMILES string of the molecule is CCOC(=O)CCn1cc(/C=C(/C#N)C(N)=S)c(-c2ccccc2)n1. The Balaban J connectivity index is 2.37. The number of nitrogens with two attached hydrogens (primary N) is 1. The number of carbonyl (C=O) groups excluding carboxylic acids is 1. The van der Waals surface area contributed by atoms with Crippen molar-refractivity contribution in [2.75, 3.05) is 6.61 Å². The smallest absolute Gasteiger partial charge is 0.307 e. The second kappa shape index (κ2) is 8.76. The molecule has 1 aromatic heterocycles. The van der Waals surface area contributed by atoms with Crippen molar-refractivity contribution < 1.29 is 9.53 Å². The van der Waals surface area contributed by atoms with Crippen LogP contribution >= 0.6 is 12.2 Å². The summed E-state index contributed by atoms with van der Waals surface area (Å²) in [5, 5.41) is 13.7. The van der Waals surface area contributed by atoms with Crippen molar-refractivity contribution in [1.82, 2.24) is 9.78 Å². The Kier molecular flexibility index (Phi) is 6.43. The van der Waals surface area contributed by atoms with Gasteiger partial charge in [0.05, 0.1) is 30.8 Å². The van der Waals surface area contributed by atoms with E-state index >= 15 is 0 Å². The third-order valence-corrected chi connectivity index (χ3v) is 3.59. The first-order chi connectivity index (χ1) is 12.0. The van der Waals surface area contributed by atoms with E-state index in [0.29, 0.717) is 24.4 Å². The number of carbonyl (C=O) groups is 1. The third kappa shape index (κ3) is 4.99. The fourth-order valence-corrected chi connectivity index (χ4v) is 2.33. The van der Waals surface area contributed by atoms with Gasteiger partial charge in [0.15, 0.2) is 0 Å². The summed E-state index contributed by atoms with van der Waals surface area (Å²) < 4.78 is 6.58. The van der Waals surface area contributed by atoms with Gasteiger partial charge in [0.25, 0.3) is 0 Å². The Morgan fingerprint density at radius 1 is 1.44 bits per heavy atom. The van der Waals surface area contributed by atoms with Crippen LogP contribution in [0.4, 0.5) is 0 Å². The van der Waals surface area contributed by atoms with E-state index in [2.05, 4.69) is 5.10 Å². The Morgan fingerprint density at radius 3 is 2.76 bits per heavy atom. The topological polar surface area (TPSA) is 93.9 Å². The molecule has 0 saturated heterocycles. The Labute approximate surface area is 151 Å². The lowest BCUT2D eigenvalue weighted by molar-refractivity contribution is -0.143. The molecule has 0 amide bonds. The maximum Gasteiger partial charge on any atom is 0.307 e. The number of aryl methyl sites for hydroxylation is 1. The first-order valence-electron chi connectivity index (χ1n) is 7.75. The summed E-state index contributed by atoms with van der Waals surface area (Å²) in [5.74, 6) is -0.280. The van der Waals surface area contributed by atoms with Gasteiger partial charge in [0.1, 0.15) is 11.1 Å². The molecule has 25 heavy (non-hydrogen) atoms.